The Balaban J connectivity index is 1.79. The van der Waals surface area contributed by atoms with E-state index in [1.54, 1.807) is 54.6 Å². The van der Waals surface area contributed by atoms with Crippen LogP contribution in [0.4, 0.5) is 5.69 Å². The van der Waals surface area contributed by atoms with Gasteiger partial charge in [0, 0.05) is 10.6 Å². The van der Waals surface area contributed by atoms with Crippen LogP contribution in [0.3, 0.4) is 0 Å². The van der Waals surface area contributed by atoms with Gasteiger partial charge in [0.15, 0.2) is 0 Å². The number of halogens is 1. The molecule has 29 heavy (non-hydrogen) atoms. The van der Waals surface area contributed by atoms with Crippen molar-refractivity contribution in [3.05, 3.63) is 87.0 Å². The average Bonchev–Trinajstić information content (AvgIpc) is 2.70. The Hall–Kier alpha value is -2.39. The van der Waals surface area contributed by atoms with Crippen molar-refractivity contribution in [1.29, 1.82) is 0 Å². The highest BCUT2D eigenvalue weighted by atomic mass is 127. The number of nitrogens with zero attached hydrogens (tertiary/aromatic N) is 1. The van der Waals surface area contributed by atoms with Crippen molar-refractivity contribution in [2.24, 2.45) is 0 Å². The normalized spacial score (nSPS) is 11.2. The molecule has 0 aliphatic rings. The van der Waals surface area contributed by atoms with Crippen molar-refractivity contribution in [1.82, 2.24) is 0 Å². The second-order valence-electron chi connectivity index (χ2n) is 6.58. The number of esters is 1. The van der Waals surface area contributed by atoms with E-state index in [1.807, 2.05) is 26.0 Å². The topological polar surface area (TPSA) is 63.7 Å². The van der Waals surface area contributed by atoms with Crippen LogP contribution in [-0.2, 0) is 10.0 Å². The minimum absolute atomic E-state index is 0.234. The number of sulfonamides is 1. The van der Waals surface area contributed by atoms with Crippen LogP contribution >= 0.6 is 22.6 Å². The van der Waals surface area contributed by atoms with Crippen LogP contribution in [0.25, 0.3) is 0 Å². The van der Waals surface area contributed by atoms with Crippen LogP contribution in [0.2, 0.25) is 0 Å². The van der Waals surface area contributed by atoms with Crippen molar-refractivity contribution >= 4 is 44.3 Å². The van der Waals surface area contributed by atoms with E-state index >= 15 is 0 Å². The Morgan fingerprint density at radius 2 is 1.59 bits per heavy atom. The van der Waals surface area contributed by atoms with Crippen molar-refractivity contribution in [3.8, 4) is 5.75 Å². The Morgan fingerprint density at radius 3 is 2.21 bits per heavy atom. The highest BCUT2D eigenvalue weighted by Crippen LogP contribution is 2.26. The Morgan fingerprint density at radius 1 is 0.931 bits per heavy atom. The number of aryl methyl sites for hydroxylation is 2. The molecule has 0 amide bonds. The van der Waals surface area contributed by atoms with Gasteiger partial charge in [-0.3, -0.25) is 4.31 Å². The number of carbonyl (C=O) groups excluding carboxylic acids is 1. The molecule has 0 heterocycles. The molecule has 5 nitrogen and oxygen atoms in total. The first kappa shape index (κ1) is 21.3. The standard InChI is InChI=1S/C22H20INO4S/c1-15-8-13-19(14-16(15)2)29(26,27)24(3)17-9-11-18(12-10-17)28-22(25)20-6-4-5-7-21(20)23/h4-14H,1-3H3. The van der Waals surface area contributed by atoms with Crippen LogP contribution < -0.4 is 9.04 Å². The number of ether oxygens (including phenoxy) is 1. The van der Waals surface area contributed by atoms with Crippen molar-refractivity contribution in [2.45, 2.75) is 18.7 Å². The molecule has 0 aliphatic carbocycles. The van der Waals surface area contributed by atoms with E-state index in [0.29, 0.717) is 17.0 Å². The highest BCUT2D eigenvalue weighted by Gasteiger charge is 2.22. The van der Waals surface area contributed by atoms with E-state index in [4.69, 9.17) is 4.74 Å². The third kappa shape index (κ3) is 4.62. The van der Waals surface area contributed by atoms with E-state index in [-0.39, 0.29) is 4.90 Å². The van der Waals surface area contributed by atoms with Gasteiger partial charge in [0.25, 0.3) is 10.0 Å². The zero-order chi connectivity index (χ0) is 21.2. The third-order valence-electron chi connectivity index (χ3n) is 4.64. The second-order valence-corrected chi connectivity index (χ2v) is 9.71. The molecule has 150 valence electrons. The van der Waals surface area contributed by atoms with Crippen molar-refractivity contribution in [2.75, 3.05) is 11.4 Å². The van der Waals surface area contributed by atoms with Gasteiger partial charge in [-0.25, -0.2) is 13.2 Å². The molecule has 0 saturated carbocycles. The fraction of sp³-hybridized carbons (Fsp3) is 0.136. The molecule has 0 saturated heterocycles. The summed E-state index contributed by atoms with van der Waals surface area (Å²) in [4.78, 5) is 12.6. The predicted molar refractivity (Wildman–Crippen MR) is 122 cm³/mol. The monoisotopic (exact) mass is 521 g/mol. The fourth-order valence-corrected chi connectivity index (χ4v) is 4.57. The first-order valence-corrected chi connectivity index (χ1v) is 11.3. The lowest BCUT2D eigenvalue weighted by atomic mass is 10.1. The summed E-state index contributed by atoms with van der Waals surface area (Å²) in [7, 11) is -2.19. The molecular formula is C22H20INO4S. The summed E-state index contributed by atoms with van der Waals surface area (Å²) in [5, 5.41) is 0. The molecule has 0 fully saturated rings. The molecule has 0 bridgehead atoms. The molecular weight excluding hydrogens is 501 g/mol. The summed E-state index contributed by atoms with van der Waals surface area (Å²) < 4.78 is 33.3. The largest absolute Gasteiger partial charge is 0.423 e. The van der Waals surface area contributed by atoms with Crippen LogP contribution in [-0.4, -0.2) is 21.4 Å². The lowest BCUT2D eigenvalue weighted by Gasteiger charge is -2.20. The van der Waals surface area contributed by atoms with Gasteiger partial charge in [-0.2, -0.15) is 0 Å². The molecule has 0 aliphatic heterocycles. The predicted octanol–water partition coefficient (Wildman–Crippen LogP) is 4.95. The Kier molecular flexibility index (Phi) is 6.28. The maximum absolute atomic E-state index is 12.9. The van der Waals surface area contributed by atoms with Crippen LogP contribution in [0.5, 0.6) is 5.75 Å². The van der Waals surface area contributed by atoms with Gasteiger partial charge in [-0.1, -0.05) is 18.2 Å². The zero-order valence-corrected chi connectivity index (χ0v) is 19.2. The minimum Gasteiger partial charge on any atom is -0.423 e. The first-order chi connectivity index (χ1) is 13.7. The van der Waals surface area contributed by atoms with E-state index in [0.717, 1.165) is 14.7 Å². The lowest BCUT2D eigenvalue weighted by molar-refractivity contribution is 0.0733. The maximum atomic E-state index is 12.9. The number of anilines is 1. The summed E-state index contributed by atoms with van der Waals surface area (Å²) in [6.45, 7) is 3.82. The summed E-state index contributed by atoms with van der Waals surface area (Å²) >= 11 is 2.08. The van der Waals surface area contributed by atoms with Gasteiger partial charge >= 0.3 is 5.97 Å². The molecule has 0 N–H and O–H groups in total. The maximum Gasteiger partial charge on any atom is 0.344 e. The zero-order valence-electron chi connectivity index (χ0n) is 16.2. The molecule has 0 radical (unpaired) electrons. The molecule has 7 heteroatoms. The van der Waals surface area contributed by atoms with Crippen molar-refractivity contribution in [3.63, 3.8) is 0 Å². The number of hydrogen-bond acceptors (Lipinski definition) is 4. The molecule has 3 aromatic rings. The number of hydrogen-bond donors (Lipinski definition) is 0. The fourth-order valence-electron chi connectivity index (χ4n) is 2.68. The van der Waals surface area contributed by atoms with Gasteiger partial charge in [0.05, 0.1) is 16.1 Å². The molecule has 0 atom stereocenters. The quantitative estimate of drug-likeness (QED) is 0.271. The van der Waals surface area contributed by atoms with Crippen molar-refractivity contribution < 1.29 is 17.9 Å². The lowest BCUT2D eigenvalue weighted by Crippen LogP contribution is -2.26. The van der Waals surface area contributed by atoms with E-state index < -0.39 is 16.0 Å². The second kappa shape index (κ2) is 8.54. The van der Waals surface area contributed by atoms with Crippen LogP contribution in [0.1, 0.15) is 21.5 Å². The number of carbonyl (C=O) groups is 1. The van der Waals surface area contributed by atoms with E-state index in [9.17, 15) is 13.2 Å². The average molecular weight is 521 g/mol. The summed E-state index contributed by atoms with van der Waals surface area (Å²) in [6.07, 6.45) is 0. The first-order valence-electron chi connectivity index (χ1n) is 8.83. The molecule has 0 spiro atoms. The van der Waals surface area contributed by atoms with Gasteiger partial charge < -0.3 is 4.74 Å². The van der Waals surface area contributed by atoms with Gasteiger partial charge in [0.2, 0.25) is 0 Å². The molecule has 0 unspecified atom stereocenters. The molecule has 0 aromatic heterocycles. The van der Waals surface area contributed by atoms with E-state index in [2.05, 4.69) is 22.6 Å². The third-order valence-corrected chi connectivity index (χ3v) is 7.36. The smallest absolute Gasteiger partial charge is 0.344 e. The summed E-state index contributed by atoms with van der Waals surface area (Å²) in [5.41, 5.74) is 2.90. The van der Waals surface area contributed by atoms with Gasteiger partial charge in [-0.15, -0.1) is 0 Å². The highest BCUT2D eigenvalue weighted by molar-refractivity contribution is 14.1. The van der Waals surface area contributed by atoms with Crippen LogP contribution in [0, 0.1) is 17.4 Å². The summed E-state index contributed by atoms with van der Waals surface area (Å²) in [5.74, 6) is -0.116. The minimum atomic E-state index is -3.69. The van der Waals surface area contributed by atoms with Gasteiger partial charge in [0.1, 0.15) is 5.75 Å². The summed E-state index contributed by atoms with van der Waals surface area (Å²) in [6, 6.07) is 18.6. The van der Waals surface area contributed by atoms with Crippen LogP contribution in [0.15, 0.2) is 71.6 Å². The van der Waals surface area contributed by atoms with E-state index in [1.165, 1.54) is 11.4 Å². The SMILES string of the molecule is Cc1ccc(S(=O)(=O)N(C)c2ccc(OC(=O)c3ccccc3I)cc2)cc1C. The Bertz CT molecular complexity index is 1160. The number of benzene rings is 3. The molecule has 3 rings (SSSR count). The number of rotatable bonds is 5. The Labute approximate surface area is 184 Å². The molecule has 3 aromatic carbocycles. The van der Waals surface area contributed by atoms with Gasteiger partial charge in [-0.05, 0) is 96.1 Å².